The van der Waals surface area contributed by atoms with Crippen molar-refractivity contribution in [1.29, 1.82) is 0 Å². The van der Waals surface area contributed by atoms with Gasteiger partial charge in [0.2, 0.25) is 0 Å². The molecule has 0 aromatic carbocycles. The Balaban J connectivity index is 1.76. The first-order chi connectivity index (χ1) is 7.86. The first-order valence-corrected chi connectivity index (χ1v) is 6.52. The molecule has 0 aromatic heterocycles. The molecule has 2 aliphatic heterocycles. The maximum Gasteiger partial charge on any atom is 0.410 e. The molecule has 92 valence electrons. The van der Waals surface area contributed by atoms with Crippen molar-refractivity contribution in [1.82, 2.24) is 10.2 Å². The molecular weight excluding hydrogens is 204 g/mol. The Hall–Kier alpha value is -0.770. The molecule has 2 heterocycles. The van der Waals surface area contributed by atoms with Gasteiger partial charge in [0, 0.05) is 19.6 Å². The summed E-state index contributed by atoms with van der Waals surface area (Å²) in [5.41, 5.74) is 0. The molecule has 2 saturated heterocycles. The fraction of sp³-hybridized carbons (Fsp3) is 0.917. The van der Waals surface area contributed by atoms with Crippen molar-refractivity contribution < 1.29 is 9.53 Å². The molecule has 0 bridgehead atoms. The van der Waals surface area contributed by atoms with Gasteiger partial charge in [-0.15, -0.1) is 0 Å². The Morgan fingerprint density at radius 1 is 1.12 bits per heavy atom. The molecule has 4 nitrogen and oxygen atoms in total. The second-order valence-corrected chi connectivity index (χ2v) is 4.75. The fourth-order valence-electron chi connectivity index (χ4n) is 2.39. The summed E-state index contributed by atoms with van der Waals surface area (Å²) < 4.78 is 5.51. The maximum absolute atomic E-state index is 11.9. The van der Waals surface area contributed by atoms with Crippen LogP contribution in [0.1, 0.15) is 38.5 Å². The average molecular weight is 226 g/mol. The molecule has 2 fully saturated rings. The highest BCUT2D eigenvalue weighted by Crippen LogP contribution is 2.13. The highest BCUT2D eigenvalue weighted by Gasteiger charge is 2.22. The Morgan fingerprint density at radius 2 is 1.88 bits per heavy atom. The molecule has 0 aliphatic carbocycles. The number of amides is 1. The zero-order chi connectivity index (χ0) is 11.2. The van der Waals surface area contributed by atoms with Crippen molar-refractivity contribution in [3.63, 3.8) is 0 Å². The molecule has 0 aromatic rings. The summed E-state index contributed by atoms with van der Waals surface area (Å²) in [7, 11) is 0. The van der Waals surface area contributed by atoms with Crippen LogP contribution in [-0.2, 0) is 4.74 Å². The van der Waals surface area contributed by atoms with E-state index in [0.717, 1.165) is 51.9 Å². The monoisotopic (exact) mass is 226 g/mol. The summed E-state index contributed by atoms with van der Waals surface area (Å²) in [4.78, 5) is 13.8. The molecule has 0 saturated carbocycles. The summed E-state index contributed by atoms with van der Waals surface area (Å²) in [6, 6.07) is 0. The predicted molar refractivity (Wildman–Crippen MR) is 62.4 cm³/mol. The van der Waals surface area contributed by atoms with Crippen LogP contribution in [0.4, 0.5) is 4.79 Å². The average Bonchev–Trinajstić information content (AvgIpc) is 2.59. The quantitative estimate of drug-likeness (QED) is 0.740. The molecule has 0 radical (unpaired) electrons. The van der Waals surface area contributed by atoms with E-state index in [1.807, 2.05) is 4.90 Å². The van der Waals surface area contributed by atoms with E-state index in [1.165, 1.54) is 12.8 Å². The van der Waals surface area contributed by atoms with Crippen molar-refractivity contribution in [2.24, 2.45) is 0 Å². The molecule has 1 atom stereocenters. The first kappa shape index (κ1) is 11.7. The smallest absolute Gasteiger partial charge is 0.410 e. The van der Waals surface area contributed by atoms with Gasteiger partial charge in [-0.2, -0.15) is 0 Å². The number of carbonyl (C=O) groups excluding carboxylic acids is 1. The Bertz CT molecular complexity index is 219. The Labute approximate surface area is 97.3 Å². The maximum atomic E-state index is 11.9. The van der Waals surface area contributed by atoms with Gasteiger partial charge in [0.25, 0.3) is 0 Å². The topological polar surface area (TPSA) is 41.6 Å². The van der Waals surface area contributed by atoms with Gasteiger partial charge in [0.15, 0.2) is 0 Å². The number of nitrogens with zero attached hydrogens (tertiary/aromatic N) is 1. The fourth-order valence-corrected chi connectivity index (χ4v) is 2.39. The largest absolute Gasteiger partial charge is 0.445 e. The van der Waals surface area contributed by atoms with E-state index in [2.05, 4.69) is 5.32 Å². The van der Waals surface area contributed by atoms with Gasteiger partial charge in [-0.3, -0.25) is 0 Å². The number of carbonyl (C=O) groups is 1. The number of hydrogen-bond donors (Lipinski definition) is 1. The number of rotatable bonds is 1. The van der Waals surface area contributed by atoms with E-state index in [0.29, 0.717) is 0 Å². The van der Waals surface area contributed by atoms with Crippen LogP contribution in [0, 0.1) is 0 Å². The van der Waals surface area contributed by atoms with E-state index in [9.17, 15) is 4.79 Å². The minimum atomic E-state index is -0.101. The molecule has 0 unspecified atom stereocenters. The van der Waals surface area contributed by atoms with Gasteiger partial charge in [0.1, 0.15) is 6.10 Å². The molecule has 2 rings (SSSR count). The van der Waals surface area contributed by atoms with E-state index in [-0.39, 0.29) is 12.2 Å². The van der Waals surface area contributed by atoms with Crippen molar-refractivity contribution in [2.45, 2.75) is 44.6 Å². The summed E-state index contributed by atoms with van der Waals surface area (Å²) in [5.74, 6) is 0. The van der Waals surface area contributed by atoms with Crippen molar-refractivity contribution in [3.05, 3.63) is 0 Å². The molecule has 1 amide bonds. The van der Waals surface area contributed by atoms with E-state index in [1.54, 1.807) is 0 Å². The van der Waals surface area contributed by atoms with Crippen LogP contribution < -0.4 is 5.32 Å². The summed E-state index contributed by atoms with van der Waals surface area (Å²) in [6.07, 6.45) is 6.84. The lowest BCUT2D eigenvalue weighted by atomic mass is 10.1. The second kappa shape index (κ2) is 6.09. The SMILES string of the molecule is O=C(O[C@H]1CCCNC1)N1CCCCCC1. The van der Waals surface area contributed by atoms with Gasteiger partial charge in [-0.1, -0.05) is 12.8 Å². The number of hydrogen-bond acceptors (Lipinski definition) is 3. The van der Waals surface area contributed by atoms with Crippen LogP contribution in [0.25, 0.3) is 0 Å². The van der Waals surface area contributed by atoms with Crippen molar-refractivity contribution in [2.75, 3.05) is 26.2 Å². The van der Waals surface area contributed by atoms with Gasteiger partial charge in [-0.25, -0.2) is 4.79 Å². The Morgan fingerprint density at radius 3 is 2.50 bits per heavy atom. The van der Waals surface area contributed by atoms with Crippen LogP contribution in [-0.4, -0.2) is 43.3 Å². The summed E-state index contributed by atoms with van der Waals surface area (Å²) in [6.45, 7) is 3.62. The van der Waals surface area contributed by atoms with Crippen LogP contribution in [0.15, 0.2) is 0 Å². The molecule has 16 heavy (non-hydrogen) atoms. The highest BCUT2D eigenvalue weighted by atomic mass is 16.6. The third-order valence-electron chi connectivity index (χ3n) is 3.38. The van der Waals surface area contributed by atoms with Crippen molar-refractivity contribution >= 4 is 6.09 Å². The minimum Gasteiger partial charge on any atom is -0.445 e. The molecule has 2 aliphatic rings. The van der Waals surface area contributed by atoms with E-state index < -0.39 is 0 Å². The first-order valence-electron chi connectivity index (χ1n) is 6.52. The number of nitrogens with one attached hydrogen (secondary N) is 1. The molecular formula is C12H22N2O2. The lowest BCUT2D eigenvalue weighted by Crippen LogP contribution is -2.41. The summed E-state index contributed by atoms with van der Waals surface area (Å²) in [5, 5.41) is 3.26. The summed E-state index contributed by atoms with van der Waals surface area (Å²) >= 11 is 0. The van der Waals surface area contributed by atoms with E-state index >= 15 is 0 Å². The van der Waals surface area contributed by atoms with E-state index in [4.69, 9.17) is 4.74 Å². The van der Waals surface area contributed by atoms with Crippen LogP contribution in [0.5, 0.6) is 0 Å². The third-order valence-corrected chi connectivity index (χ3v) is 3.38. The second-order valence-electron chi connectivity index (χ2n) is 4.75. The number of ether oxygens (including phenoxy) is 1. The van der Waals surface area contributed by atoms with Crippen LogP contribution in [0.3, 0.4) is 0 Å². The standard InChI is InChI=1S/C12H22N2O2/c15-12(14-8-3-1-2-4-9-14)16-11-6-5-7-13-10-11/h11,13H,1-10H2/t11-/m0/s1. The van der Waals surface area contributed by atoms with Crippen LogP contribution >= 0.6 is 0 Å². The van der Waals surface area contributed by atoms with Gasteiger partial charge in [0.05, 0.1) is 0 Å². The normalized spacial score (nSPS) is 27.2. The lowest BCUT2D eigenvalue weighted by Gasteiger charge is -2.27. The lowest BCUT2D eigenvalue weighted by molar-refractivity contribution is 0.0524. The van der Waals surface area contributed by atoms with Crippen molar-refractivity contribution in [3.8, 4) is 0 Å². The minimum absolute atomic E-state index is 0.0875. The zero-order valence-corrected chi connectivity index (χ0v) is 9.91. The number of piperidine rings is 1. The number of likely N-dealkylation sites (tertiary alicyclic amines) is 1. The van der Waals surface area contributed by atoms with Crippen LogP contribution in [0.2, 0.25) is 0 Å². The zero-order valence-electron chi connectivity index (χ0n) is 9.91. The Kier molecular flexibility index (Phi) is 4.45. The molecule has 1 N–H and O–H groups in total. The highest BCUT2D eigenvalue weighted by molar-refractivity contribution is 5.67. The molecule has 4 heteroatoms. The van der Waals surface area contributed by atoms with Gasteiger partial charge < -0.3 is 15.0 Å². The van der Waals surface area contributed by atoms with Gasteiger partial charge in [-0.05, 0) is 32.2 Å². The predicted octanol–water partition coefficient (Wildman–Crippen LogP) is 1.75. The van der Waals surface area contributed by atoms with Gasteiger partial charge >= 0.3 is 6.09 Å². The molecule has 0 spiro atoms. The third kappa shape index (κ3) is 3.37.